The molecular formula is C21H21N3O2S. The van der Waals surface area contributed by atoms with Gasteiger partial charge in [0, 0.05) is 17.9 Å². The molecule has 2 aromatic carbocycles. The van der Waals surface area contributed by atoms with E-state index in [-0.39, 0.29) is 23.1 Å². The summed E-state index contributed by atoms with van der Waals surface area (Å²) in [7, 11) is 0. The summed E-state index contributed by atoms with van der Waals surface area (Å²) in [6.07, 6.45) is 0.0734. The number of nitrogens with one attached hydrogen (secondary N) is 2. The van der Waals surface area contributed by atoms with E-state index in [4.69, 9.17) is 0 Å². The van der Waals surface area contributed by atoms with Crippen LogP contribution in [0.25, 0.3) is 0 Å². The summed E-state index contributed by atoms with van der Waals surface area (Å²) in [4.78, 5) is 31.3. The van der Waals surface area contributed by atoms with Gasteiger partial charge in [0.25, 0.3) is 5.56 Å². The van der Waals surface area contributed by atoms with Crippen LogP contribution in [0.15, 0.2) is 76.7 Å². The van der Waals surface area contributed by atoms with Crippen LogP contribution in [0.2, 0.25) is 0 Å². The SMILES string of the molecule is CC(Sc1nc(CC(=O)NCc2ccccc2)cc(=O)[nH]1)c1ccccc1. The Balaban J connectivity index is 1.62. The minimum absolute atomic E-state index is 0.0734. The second-order valence-corrected chi connectivity index (χ2v) is 7.48. The summed E-state index contributed by atoms with van der Waals surface area (Å²) < 4.78 is 0. The van der Waals surface area contributed by atoms with Crippen molar-refractivity contribution in [2.45, 2.75) is 30.3 Å². The largest absolute Gasteiger partial charge is 0.352 e. The number of hydrogen-bond donors (Lipinski definition) is 2. The zero-order chi connectivity index (χ0) is 19.1. The van der Waals surface area contributed by atoms with E-state index in [1.54, 1.807) is 0 Å². The van der Waals surface area contributed by atoms with Crippen molar-refractivity contribution in [2.24, 2.45) is 0 Å². The number of carbonyl (C=O) groups is 1. The molecule has 6 heteroatoms. The first kappa shape index (κ1) is 18.9. The van der Waals surface area contributed by atoms with E-state index in [1.807, 2.05) is 60.7 Å². The molecule has 1 atom stereocenters. The second-order valence-electron chi connectivity index (χ2n) is 6.15. The number of carbonyl (C=O) groups excluding carboxylic acids is 1. The normalized spacial score (nSPS) is 11.7. The highest BCUT2D eigenvalue weighted by Gasteiger charge is 2.12. The van der Waals surface area contributed by atoms with E-state index in [1.165, 1.54) is 17.8 Å². The molecule has 0 bridgehead atoms. The molecule has 1 unspecified atom stereocenters. The standard InChI is InChI=1S/C21H21N3O2S/c1-15(17-10-6-3-7-11-17)27-21-23-18(13-20(26)24-21)12-19(25)22-14-16-8-4-2-5-9-16/h2-11,13,15H,12,14H2,1H3,(H,22,25)(H,23,24,26). The predicted molar refractivity (Wildman–Crippen MR) is 108 cm³/mol. The summed E-state index contributed by atoms with van der Waals surface area (Å²) in [6, 6.07) is 21.1. The van der Waals surface area contributed by atoms with Crippen LogP contribution in [0, 0.1) is 0 Å². The highest BCUT2D eigenvalue weighted by atomic mass is 32.2. The van der Waals surface area contributed by atoms with Gasteiger partial charge in [0.15, 0.2) is 5.16 Å². The first-order valence-electron chi connectivity index (χ1n) is 8.72. The van der Waals surface area contributed by atoms with Crippen LogP contribution in [0.4, 0.5) is 0 Å². The molecule has 0 spiro atoms. The van der Waals surface area contributed by atoms with Crippen LogP contribution in [0.3, 0.4) is 0 Å². The van der Waals surface area contributed by atoms with Crippen LogP contribution in [0.5, 0.6) is 0 Å². The molecule has 0 saturated carbocycles. The molecule has 3 aromatic rings. The highest BCUT2D eigenvalue weighted by Crippen LogP contribution is 2.31. The van der Waals surface area contributed by atoms with Gasteiger partial charge in [-0.1, -0.05) is 72.4 Å². The average molecular weight is 379 g/mol. The number of H-pyrrole nitrogens is 1. The molecule has 0 aliphatic heterocycles. The Kier molecular flexibility index (Phi) is 6.44. The van der Waals surface area contributed by atoms with Gasteiger partial charge in [-0.3, -0.25) is 9.59 Å². The van der Waals surface area contributed by atoms with Crippen molar-refractivity contribution in [2.75, 3.05) is 0 Å². The summed E-state index contributed by atoms with van der Waals surface area (Å²) in [5, 5.41) is 3.51. The van der Waals surface area contributed by atoms with Gasteiger partial charge in [0.2, 0.25) is 5.91 Å². The maximum absolute atomic E-state index is 12.2. The van der Waals surface area contributed by atoms with Gasteiger partial charge in [-0.15, -0.1) is 0 Å². The third kappa shape index (κ3) is 5.82. The Morgan fingerprint density at radius 1 is 1.11 bits per heavy atom. The Bertz CT molecular complexity index is 942. The fraction of sp³-hybridized carbons (Fsp3) is 0.190. The van der Waals surface area contributed by atoms with Gasteiger partial charge < -0.3 is 10.3 Å². The number of nitrogens with zero attached hydrogens (tertiary/aromatic N) is 1. The molecule has 0 radical (unpaired) electrons. The van der Waals surface area contributed by atoms with Crippen LogP contribution in [-0.2, 0) is 17.8 Å². The maximum atomic E-state index is 12.2. The molecule has 138 valence electrons. The number of rotatable bonds is 7. The average Bonchev–Trinajstić information content (AvgIpc) is 2.67. The third-order valence-electron chi connectivity index (χ3n) is 4.00. The Morgan fingerprint density at radius 2 is 1.78 bits per heavy atom. The van der Waals surface area contributed by atoms with E-state index < -0.39 is 0 Å². The smallest absolute Gasteiger partial charge is 0.251 e. The molecule has 3 rings (SSSR count). The molecule has 5 nitrogen and oxygen atoms in total. The summed E-state index contributed by atoms with van der Waals surface area (Å²) in [5.41, 5.74) is 2.39. The van der Waals surface area contributed by atoms with Gasteiger partial charge in [-0.25, -0.2) is 4.98 Å². The van der Waals surface area contributed by atoms with Crippen molar-refractivity contribution < 1.29 is 4.79 Å². The lowest BCUT2D eigenvalue weighted by atomic mass is 10.2. The first-order valence-corrected chi connectivity index (χ1v) is 9.60. The quantitative estimate of drug-likeness (QED) is 0.487. The number of aromatic amines is 1. The van der Waals surface area contributed by atoms with E-state index in [0.717, 1.165) is 11.1 Å². The maximum Gasteiger partial charge on any atom is 0.251 e. The fourth-order valence-electron chi connectivity index (χ4n) is 2.61. The Labute approximate surface area is 162 Å². The summed E-state index contributed by atoms with van der Waals surface area (Å²) >= 11 is 1.46. The van der Waals surface area contributed by atoms with Gasteiger partial charge in [-0.2, -0.15) is 0 Å². The zero-order valence-corrected chi connectivity index (χ0v) is 15.8. The van der Waals surface area contributed by atoms with E-state index in [2.05, 4.69) is 22.2 Å². The first-order chi connectivity index (χ1) is 13.1. The monoisotopic (exact) mass is 379 g/mol. The number of benzene rings is 2. The molecule has 0 aliphatic rings. The topological polar surface area (TPSA) is 74.8 Å². The molecule has 0 fully saturated rings. The predicted octanol–water partition coefficient (Wildman–Crippen LogP) is 3.48. The zero-order valence-electron chi connectivity index (χ0n) is 15.0. The van der Waals surface area contributed by atoms with Crippen LogP contribution >= 0.6 is 11.8 Å². The second kappa shape index (κ2) is 9.19. The highest BCUT2D eigenvalue weighted by molar-refractivity contribution is 7.99. The lowest BCUT2D eigenvalue weighted by molar-refractivity contribution is -0.120. The third-order valence-corrected chi connectivity index (χ3v) is 5.05. The summed E-state index contributed by atoms with van der Waals surface area (Å²) in [5.74, 6) is -0.163. The van der Waals surface area contributed by atoms with Crippen molar-refractivity contribution in [3.8, 4) is 0 Å². The van der Waals surface area contributed by atoms with Crippen LogP contribution in [0.1, 0.15) is 29.0 Å². The molecule has 1 aromatic heterocycles. The Hall–Kier alpha value is -2.86. The fourth-order valence-corrected chi connectivity index (χ4v) is 3.57. The van der Waals surface area contributed by atoms with Crippen molar-refractivity contribution >= 4 is 17.7 Å². The van der Waals surface area contributed by atoms with Crippen LogP contribution in [-0.4, -0.2) is 15.9 Å². The van der Waals surface area contributed by atoms with E-state index in [0.29, 0.717) is 17.4 Å². The minimum Gasteiger partial charge on any atom is -0.352 e. The Morgan fingerprint density at radius 3 is 2.48 bits per heavy atom. The molecule has 0 aliphatic carbocycles. The minimum atomic E-state index is -0.251. The van der Waals surface area contributed by atoms with Gasteiger partial charge in [-0.05, 0) is 18.1 Å². The lowest BCUT2D eigenvalue weighted by Crippen LogP contribution is -2.25. The summed E-state index contributed by atoms with van der Waals surface area (Å²) in [6.45, 7) is 2.51. The number of thioether (sulfide) groups is 1. The van der Waals surface area contributed by atoms with E-state index >= 15 is 0 Å². The number of amides is 1. The molecule has 1 heterocycles. The van der Waals surface area contributed by atoms with Gasteiger partial charge >= 0.3 is 0 Å². The molecule has 1 amide bonds. The van der Waals surface area contributed by atoms with Gasteiger partial charge in [0.1, 0.15) is 0 Å². The van der Waals surface area contributed by atoms with Crippen LogP contribution < -0.4 is 10.9 Å². The molecule has 27 heavy (non-hydrogen) atoms. The van der Waals surface area contributed by atoms with Gasteiger partial charge in [0.05, 0.1) is 12.1 Å². The number of aromatic nitrogens is 2. The van der Waals surface area contributed by atoms with E-state index in [9.17, 15) is 9.59 Å². The lowest BCUT2D eigenvalue weighted by Gasteiger charge is -2.11. The van der Waals surface area contributed by atoms with Crippen molar-refractivity contribution in [1.82, 2.24) is 15.3 Å². The van der Waals surface area contributed by atoms with Crippen molar-refractivity contribution in [1.29, 1.82) is 0 Å². The van der Waals surface area contributed by atoms with Crippen molar-refractivity contribution in [3.05, 3.63) is 93.9 Å². The molecule has 2 N–H and O–H groups in total. The number of hydrogen-bond acceptors (Lipinski definition) is 4. The molecule has 0 saturated heterocycles. The molecular weight excluding hydrogens is 358 g/mol. The van der Waals surface area contributed by atoms with Crippen molar-refractivity contribution in [3.63, 3.8) is 0 Å².